The molecule has 1 saturated carbocycles. The van der Waals surface area contributed by atoms with Gasteiger partial charge in [-0.05, 0) is 43.6 Å². The Morgan fingerprint density at radius 3 is 2.17 bits per heavy atom. The van der Waals surface area contributed by atoms with Gasteiger partial charge in [0.05, 0.1) is 0 Å². The molecule has 1 unspecified atom stereocenters. The van der Waals surface area contributed by atoms with Crippen molar-refractivity contribution >= 4 is 29.9 Å². The molecule has 2 saturated heterocycles. The molecule has 1 N–H and O–H groups in total. The van der Waals surface area contributed by atoms with Crippen LogP contribution in [0.4, 0.5) is 0 Å². The zero-order valence-corrected chi connectivity index (χ0v) is 21.6. The number of guanidine groups is 1. The average Bonchev–Trinajstić information content (AvgIpc) is 2.94. The topological polar surface area (TPSA) is 34.1 Å². The molecule has 0 aromatic rings. The third-order valence-electron chi connectivity index (χ3n) is 7.43. The SMILES string of the molecule is CCN1CCN(CC(C)CNC(=NC)N2CCCC3(CCCCCC3)C2)CC1.I. The second-order valence-corrected chi connectivity index (χ2v) is 9.71. The maximum atomic E-state index is 4.66. The van der Waals surface area contributed by atoms with Crippen molar-refractivity contribution < 1.29 is 0 Å². The summed E-state index contributed by atoms with van der Waals surface area (Å²) in [6, 6.07) is 0. The third kappa shape index (κ3) is 7.53. The Hall–Kier alpha value is -0.0800. The average molecular weight is 520 g/mol. The molecule has 0 radical (unpaired) electrons. The zero-order valence-electron chi connectivity index (χ0n) is 19.3. The second-order valence-electron chi connectivity index (χ2n) is 9.71. The van der Waals surface area contributed by atoms with Crippen LogP contribution in [0.3, 0.4) is 0 Å². The van der Waals surface area contributed by atoms with Crippen molar-refractivity contribution in [3.63, 3.8) is 0 Å². The van der Waals surface area contributed by atoms with Gasteiger partial charge < -0.3 is 20.0 Å². The number of hydrogen-bond donors (Lipinski definition) is 1. The lowest BCUT2D eigenvalue weighted by molar-refractivity contribution is 0.114. The van der Waals surface area contributed by atoms with E-state index in [1.54, 1.807) is 0 Å². The van der Waals surface area contributed by atoms with Crippen LogP contribution in [0.5, 0.6) is 0 Å². The normalized spacial score (nSPS) is 25.3. The smallest absolute Gasteiger partial charge is 0.193 e. The fourth-order valence-electron chi connectivity index (χ4n) is 5.67. The summed E-state index contributed by atoms with van der Waals surface area (Å²) >= 11 is 0. The number of nitrogens with zero attached hydrogens (tertiary/aromatic N) is 4. The highest BCUT2D eigenvalue weighted by molar-refractivity contribution is 14.0. The lowest BCUT2D eigenvalue weighted by atomic mass is 9.74. The van der Waals surface area contributed by atoms with Gasteiger partial charge in [0, 0.05) is 59.4 Å². The molecule has 0 amide bonds. The van der Waals surface area contributed by atoms with Crippen LogP contribution >= 0.6 is 24.0 Å². The number of likely N-dealkylation sites (N-methyl/N-ethyl adjacent to an activating group) is 1. The lowest BCUT2D eigenvalue weighted by Crippen LogP contribution is -2.52. The van der Waals surface area contributed by atoms with Crippen LogP contribution in [0.1, 0.15) is 65.2 Å². The van der Waals surface area contributed by atoms with Gasteiger partial charge in [-0.25, -0.2) is 0 Å². The summed E-state index contributed by atoms with van der Waals surface area (Å²) in [5, 5.41) is 3.72. The summed E-state index contributed by atoms with van der Waals surface area (Å²) in [6.07, 6.45) is 11.4. The fourth-order valence-corrected chi connectivity index (χ4v) is 5.67. The summed E-state index contributed by atoms with van der Waals surface area (Å²) in [4.78, 5) is 12.4. The molecule has 0 bridgehead atoms. The number of rotatable bonds is 5. The van der Waals surface area contributed by atoms with E-state index < -0.39 is 0 Å². The predicted molar refractivity (Wildman–Crippen MR) is 135 cm³/mol. The van der Waals surface area contributed by atoms with Gasteiger partial charge in [0.15, 0.2) is 5.96 Å². The Labute approximate surface area is 197 Å². The minimum absolute atomic E-state index is 0. The molecule has 1 spiro atoms. The van der Waals surface area contributed by atoms with Gasteiger partial charge in [0.25, 0.3) is 0 Å². The molecule has 0 aromatic carbocycles. The van der Waals surface area contributed by atoms with Gasteiger partial charge >= 0.3 is 0 Å². The van der Waals surface area contributed by atoms with Gasteiger partial charge in [-0.15, -0.1) is 24.0 Å². The molecule has 3 rings (SSSR count). The Morgan fingerprint density at radius 1 is 0.931 bits per heavy atom. The summed E-state index contributed by atoms with van der Waals surface area (Å²) in [7, 11) is 1.96. The minimum Gasteiger partial charge on any atom is -0.356 e. The molecular formula is C23H46IN5. The predicted octanol–water partition coefficient (Wildman–Crippen LogP) is 3.89. The first-order valence-electron chi connectivity index (χ1n) is 12.0. The molecule has 3 aliphatic rings. The lowest BCUT2D eigenvalue weighted by Gasteiger charge is -2.44. The van der Waals surface area contributed by atoms with E-state index in [2.05, 4.69) is 38.9 Å². The number of hydrogen-bond acceptors (Lipinski definition) is 3. The highest BCUT2D eigenvalue weighted by Gasteiger charge is 2.36. The summed E-state index contributed by atoms with van der Waals surface area (Å²) in [5.41, 5.74) is 0.566. The first-order chi connectivity index (χ1) is 13.6. The third-order valence-corrected chi connectivity index (χ3v) is 7.43. The molecule has 2 aliphatic heterocycles. The molecule has 5 nitrogen and oxygen atoms in total. The van der Waals surface area contributed by atoms with Crippen molar-refractivity contribution in [1.82, 2.24) is 20.0 Å². The van der Waals surface area contributed by atoms with E-state index in [4.69, 9.17) is 0 Å². The zero-order chi connectivity index (χ0) is 19.8. The van der Waals surface area contributed by atoms with E-state index in [1.165, 1.54) is 104 Å². The number of piperidine rings is 1. The molecule has 1 atom stereocenters. The number of likely N-dealkylation sites (tertiary alicyclic amines) is 1. The summed E-state index contributed by atoms with van der Waals surface area (Å²) in [5.74, 6) is 1.80. The highest BCUT2D eigenvalue weighted by atomic mass is 127. The molecule has 1 aliphatic carbocycles. The Morgan fingerprint density at radius 2 is 1.55 bits per heavy atom. The van der Waals surface area contributed by atoms with E-state index in [0.29, 0.717) is 11.3 Å². The van der Waals surface area contributed by atoms with Crippen LogP contribution in [0, 0.1) is 11.3 Å². The second kappa shape index (κ2) is 12.7. The van der Waals surface area contributed by atoms with Gasteiger partial charge in [-0.1, -0.05) is 39.5 Å². The van der Waals surface area contributed by atoms with Crippen molar-refractivity contribution in [1.29, 1.82) is 0 Å². The monoisotopic (exact) mass is 519 g/mol. The Kier molecular flexibility index (Phi) is 11.0. The van der Waals surface area contributed by atoms with Crippen LogP contribution in [-0.4, -0.2) is 86.6 Å². The van der Waals surface area contributed by atoms with Crippen molar-refractivity contribution in [2.75, 3.05) is 66.0 Å². The number of halogens is 1. The van der Waals surface area contributed by atoms with Gasteiger partial charge in [0.2, 0.25) is 0 Å². The van der Waals surface area contributed by atoms with Crippen molar-refractivity contribution in [3.05, 3.63) is 0 Å². The van der Waals surface area contributed by atoms with Crippen molar-refractivity contribution in [2.24, 2.45) is 16.3 Å². The van der Waals surface area contributed by atoms with Crippen LogP contribution < -0.4 is 5.32 Å². The van der Waals surface area contributed by atoms with E-state index >= 15 is 0 Å². The summed E-state index contributed by atoms with van der Waals surface area (Å²) < 4.78 is 0. The van der Waals surface area contributed by atoms with Gasteiger partial charge in [-0.2, -0.15) is 0 Å². The number of piperazine rings is 1. The molecular weight excluding hydrogens is 473 g/mol. The van der Waals surface area contributed by atoms with E-state index in [9.17, 15) is 0 Å². The standard InChI is InChI=1S/C23H45N5.HI/c1-4-26-14-16-27(17-15-26)19-21(2)18-25-22(24-3)28-13-9-12-23(20-28)10-7-5-6-8-11-23;/h21H,4-20H2,1-3H3,(H,24,25);1H. The summed E-state index contributed by atoms with van der Waals surface area (Å²) in [6.45, 7) is 15.4. The van der Waals surface area contributed by atoms with E-state index in [1.807, 2.05) is 7.05 Å². The molecule has 3 fully saturated rings. The van der Waals surface area contributed by atoms with Crippen LogP contribution in [0.25, 0.3) is 0 Å². The first-order valence-corrected chi connectivity index (χ1v) is 12.0. The first kappa shape index (κ1) is 25.2. The quantitative estimate of drug-likeness (QED) is 0.340. The van der Waals surface area contributed by atoms with Crippen molar-refractivity contribution in [2.45, 2.75) is 65.2 Å². The molecule has 170 valence electrons. The largest absolute Gasteiger partial charge is 0.356 e. The van der Waals surface area contributed by atoms with E-state index in [-0.39, 0.29) is 24.0 Å². The van der Waals surface area contributed by atoms with Gasteiger partial charge in [-0.3, -0.25) is 4.99 Å². The molecule has 0 aromatic heterocycles. The van der Waals surface area contributed by atoms with Gasteiger partial charge in [0.1, 0.15) is 0 Å². The molecule has 29 heavy (non-hydrogen) atoms. The van der Waals surface area contributed by atoms with Crippen LogP contribution in [0.15, 0.2) is 4.99 Å². The van der Waals surface area contributed by atoms with Crippen LogP contribution in [0.2, 0.25) is 0 Å². The maximum absolute atomic E-state index is 4.66. The minimum atomic E-state index is 0. The Bertz CT molecular complexity index is 482. The van der Waals surface area contributed by atoms with E-state index in [0.717, 1.165) is 12.5 Å². The molecule has 6 heteroatoms. The number of aliphatic imine (C=N–C) groups is 1. The van der Waals surface area contributed by atoms with Crippen molar-refractivity contribution in [3.8, 4) is 0 Å². The van der Waals surface area contributed by atoms with Crippen LogP contribution in [-0.2, 0) is 0 Å². The Balaban J connectivity index is 0.00000300. The highest BCUT2D eigenvalue weighted by Crippen LogP contribution is 2.42. The fraction of sp³-hybridized carbons (Fsp3) is 0.957. The number of nitrogens with one attached hydrogen (secondary N) is 1. The maximum Gasteiger partial charge on any atom is 0.193 e. The molecule has 2 heterocycles.